The van der Waals surface area contributed by atoms with Crippen LogP contribution in [0.4, 0.5) is 0 Å². The lowest BCUT2D eigenvalue weighted by molar-refractivity contribution is -0.136. The number of hydrogen-bond acceptors (Lipinski definition) is 4. The predicted molar refractivity (Wildman–Crippen MR) is 115 cm³/mol. The number of piperidine rings is 1. The molecule has 7 heteroatoms. The minimum absolute atomic E-state index is 0.194. The molecule has 1 atom stereocenters. The molecule has 0 aromatic rings. The molecule has 4 heterocycles. The van der Waals surface area contributed by atoms with Gasteiger partial charge in [0.25, 0.3) is 0 Å². The molecule has 4 fully saturated rings. The summed E-state index contributed by atoms with van der Waals surface area (Å²) in [6, 6.07) is 0.952. The molecule has 2 bridgehead atoms. The molecule has 0 aromatic heterocycles. The number of carbonyl (C=O) groups is 1. The molecule has 0 radical (unpaired) electrons. The summed E-state index contributed by atoms with van der Waals surface area (Å²) in [5, 5.41) is 7.04. The number of carbonyl (C=O) groups excluding carboxylic acids is 1. The van der Waals surface area contributed by atoms with Crippen LogP contribution in [-0.2, 0) is 4.79 Å². The van der Waals surface area contributed by atoms with Crippen molar-refractivity contribution in [1.82, 2.24) is 25.3 Å². The molecule has 160 valence electrons. The number of likely N-dealkylation sites (tertiary alicyclic amines) is 1. The molecule has 4 saturated heterocycles. The van der Waals surface area contributed by atoms with Crippen molar-refractivity contribution < 1.29 is 4.79 Å². The molecule has 4 rings (SSSR count). The first-order valence-corrected chi connectivity index (χ1v) is 11.4. The van der Waals surface area contributed by atoms with Crippen LogP contribution in [0.1, 0.15) is 46.5 Å². The number of aliphatic imine (C=N–C) groups is 1. The summed E-state index contributed by atoms with van der Waals surface area (Å²) in [6.45, 7) is 15.8. The van der Waals surface area contributed by atoms with E-state index in [1.807, 2.05) is 0 Å². The van der Waals surface area contributed by atoms with Crippen molar-refractivity contribution in [2.75, 3.05) is 58.9 Å². The van der Waals surface area contributed by atoms with E-state index in [2.05, 4.69) is 46.1 Å². The van der Waals surface area contributed by atoms with Crippen molar-refractivity contribution in [2.24, 2.45) is 10.9 Å². The van der Waals surface area contributed by atoms with Crippen LogP contribution in [0.2, 0.25) is 0 Å². The van der Waals surface area contributed by atoms with Gasteiger partial charge in [0.15, 0.2) is 5.96 Å². The molecule has 28 heavy (non-hydrogen) atoms. The number of guanidine groups is 1. The van der Waals surface area contributed by atoms with E-state index in [4.69, 9.17) is 4.99 Å². The number of nitrogens with one attached hydrogen (secondary N) is 2. The van der Waals surface area contributed by atoms with Crippen molar-refractivity contribution in [3.63, 3.8) is 0 Å². The van der Waals surface area contributed by atoms with Gasteiger partial charge in [0, 0.05) is 70.4 Å². The van der Waals surface area contributed by atoms with Crippen LogP contribution < -0.4 is 10.6 Å². The number of hydrogen-bond donors (Lipinski definition) is 2. The van der Waals surface area contributed by atoms with Crippen molar-refractivity contribution in [2.45, 2.75) is 58.5 Å². The lowest BCUT2D eigenvalue weighted by atomic mass is 9.98. The van der Waals surface area contributed by atoms with Crippen molar-refractivity contribution in [3.8, 4) is 0 Å². The van der Waals surface area contributed by atoms with E-state index in [-0.39, 0.29) is 5.92 Å². The van der Waals surface area contributed by atoms with E-state index in [1.165, 1.54) is 26.2 Å². The first-order chi connectivity index (χ1) is 13.6. The number of nitrogens with zero attached hydrogens (tertiary/aromatic N) is 4. The fourth-order valence-corrected chi connectivity index (χ4v) is 4.75. The van der Waals surface area contributed by atoms with Gasteiger partial charge in [0.05, 0.1) is 6.54 Å². The highest BCUT2D eigenvalue weighted by atomic mass is 16.2. The van der Waals surface area contributed by atoms with E-state index in [0.29, 0.717) is 18.0 Å². The van der Waals surface area contributed by atoms with Gasteiger partial charge in [-0.05, 0) is 32.6 Å². The zero-order valence-corrected chi connectivity index (χ0v) is 18.1. The molecule has 4 aliphatic heterocycles. The van der Waals surface area contributed by atoms with E-state index >= 15 is 0 Å². The second-order valence-corrected chi connectivity index (χ2v) is 8.47. The maximum Gasteiger partial charge on any atom is 0.225 e. The lowest BCUT2D eigenvalue weighted by Crippen LogP contribution is -2.62. The Morgan fingerprint density at radius 1 is 1.04 bits per heavy atom. The Labute approximate surface area is 170 Å². The second kappa shape index (κ2) is 10.4. The second-order valence-electron chi connectivity index (χ2n) is 8.47. The van der Waals surface area contributed by atoms with Crippen LogP contribution in [0.3, 0.4) is 0 Å². The van der Waals surface area contributed by atoms with Gasteiger partial charge in [-0.1, -0.05) is 13.8 Å². The maximum atomic E-state index is 12.6. The number of piperazine rings is 3. The van der Waals surface area contributed by atoms with Crippen molar-refractivity contribution >= 4 is 11.9 Å². The van der Waals surface area contributed by atoms with E-state index in [0.717, 1.165) is 64.4 Å². The molecule has 7 nitrogen and oxygen atoms in total. The Hall–Kier alpha value is -1.34. The number of rotatable bonds is 7. The first-order valence-electron chi connectivity index (χ1n) is 11.4. The van der Waals surface area contributed by atoms with E-state index < -0.39 is 0 Å². The third-order valence-corrected chi connectivity index (χ3v) is 6.68. The van der Waals surface area contributed by atoms with Gasteiger partial charge in [-0.25, -0.2) is 0 Å². The summed E-state index contributed by atoms with van der Waals surface area (Å²) in [7, 11) is 0. The summed E-state index contributed by atoms with van der Waals surface area (Å²) in [4.78, 5) is 24.7. The average molecular weight is 393 g/mol. The molecule has 0 aromatic carbocycles. The van der Waals surface area contributed by atoms with Crippen molar-refractivity contribution in [1.29, 1.82) is 0 Å². The van der Waals surface area contributed by atoms with E-state index in [1.54, 1.807) is 0 Å². The normalized spacial score (nSPS) is 28.6. The SMILES string of the molecule is CCNC(=NCC1CN2CCN1CC2)NC1CCN(C(=O)C(CC)CC)CC1. The Morgan fingerprint density at radius 3 is 2.25 bits per heavy atom. The molecule has 1 unspecified atom stereocenters. The molecule has 2 N–H and O–H groups in total. The highest BCUT2D eigenvalue weighted by Gasteiger charge is 2.31. The van der Waals surface area contributed by atoms with Crippen LogP contribution in [0, 0.1) is 5.92 Å². The van der Waals surface area contributed by atoms with Crippen LogP contribution >= 0.6 is 0 Å². The smallest absolute Gasteiger partial charge is 0.225 e. The summed E-state index contributed by atoms with van der Waals surface area (Å²) in [6.07, 6.45) is 3.89. The Balaban J connectivity index is 1.47. The number of amides is 1. The highest BCUT2D eigenvalue weighted by molar-refractivity contribution is 5.80. The first kappa shape index (κ1) is 21.4. The maximum absolute atomic E-state index is 12.6. The molecular formula is C21H40N6O. The Morgan fingerprint density at radius 2 is 1.71 bits per heavy atom. The molecular weight excluding hydrogens is 352 g/mol. The largest absolute Gasteiger partial charge is 0.357 e. The minimum atomic E-state index is 0.194. The fraction of sp³-hybridized carbons (Fsp3) is 0.905. The topological polar surface area (TPSA) is 63.2 Å². The molecule has 1 amide bonds. The summed E-state index contributed by atoms with van der Waals surface area (Å²) < 4.78 is 0. The van der Waals surface area contributed by atoms with Gasteiger partial charge >= 0.3 is 0 Å². The van der Waals surface area contributed by atoms with E-state index in [9.17, 15) is 4.79 Å². The van der Waals surface area contributed by atoms with Gasteiger partial charge in [0.1, 0.15) is 0 Å². The summed E-state index contributed by atoms with van der Waals surface area (Å²) >= 11 is 0. The van der Waals surface area contributed by atoms with Crippen LogP contribution in [0.25, 0.3) is 0 Å². The third-order valence-electron chi connectivity index (χ3n) is 6.68. The van der Waals surface area contributed by atoms with Gasteiger partial charge in [-0.15, -0.1) is 0 Å². The van der Waals surface area contributed by atoms with Crippen molar-refractivity contribution in [3.05, 3.63) is 0 Å². The van der Waals surface area contributed by atoms with Gasteiger partial charge < -0.3 is 15.5 Å². The zero-order valence-electron chi connectivity index (χ0n) is 18.1. The van der Waals surface area contributed by atoms with Gasteiger partial charge in [0.2, 0.25) is 5.91 Å². The van der Waals surface area contributed by atoms with Crippen LogP contribution in [0.15, 0.2) is 4.99 Å². The summed E-state index contributed by atoms with van der Waals surface area (Å²) in [5.74, 6) is 1.48. The average Bonchev–Trinajstić information content (AvgIpc) is 2.74. The lowest BCUT2D eigenvalue weighted by Gasteiger charge is -2.47. The highest BCUT2D eigenvalue weighted by Crippen LogP contribution is 2.18. The Kier molecular flexibility index (Phi) is 7.97. The Bertz CT molecular complexity index is 519. The van der Waals surface area contributed by atoms with Crippen LogP contribution in [-0.4, -0.2) is 97.6 Å². The molecule has 0 spiro atoms. The third kappa shape index (κ3) is 5.38. The standard InChI is InChI=1S/C21H40N6O/c1-4-17(5-2)20(28)27-9-7-18(8-10-27)24-21(22-6-3)23-15-19-16-25-11-13-26(19)14-12-25/h17-19H,4-16H2,1-3H3,(H2,22,23,24). The van der Waals surface area contributed by atoms with Crippen LogP contribution in [0.5, 0.6) is 0 Å². The monoisotopic (exact) mass is 392 g/mol. The fourth-order valence-electron chi connectivity index (χ4n) is 4.75. The number of fused-ring (bicyclic) bond motifs is 3. The quantitative estimate of drug-likeness (QED) is 0.499. The minimum Gasteiger partial charge on any atom is -0.357 e. The zero-order chi connectivity index (χ0) is 19.9. The molecule has 4 aliphatic rings. The van der Waals surface area contributed by atoms with Gasteiger partial charge in [-0.2, -0.15) is 0 Å². The predicted octanol–water partition coefficient (Wildman–Crippen LogP) is 0.969. The van der Waals surface area contributed by atoms with Gasteiger partial charge in [-0.3, -0.25) is 19.6 Å². The summed E-state index contributed by atoms with van der Waals surface area (Å²) in [5.41, 5.74) is 0. The molecule has 0 aliphatic carbocycles. The molecule has 0 saturated carbocycles.